The van der Waals surface area contributed by atoms with E-state index in [1.54, 1.807) is 13.0 Å². The van der Waals surface area contributed by atoms with Gasteiger partial charge in [0.25, 0.3) is 5.79 Å². The number of rotatable bonds is 5. The summed E-state index contributed by atoms with van der Waals surface area (Å²) in [5.41, 5.74) is -7.83. The molecule has 270 valence electrons. The number of aliphatic hydroxyl groups excluding tert-OH is 1. The van der Waals surface area contributed by atoms with Crippen molar-refractivity contribution in [3.05, 3.63) is 54.3 Å². The van der Waals surface area contributed by atoms with Crippen LogP contribution in [-0.2, 0) is 47.5 Å². The zero-order chi connectivity index (χ0) is 35.3. The summed E-state index contributed by atoms with van der Waals surface area (Å²) in [6, 6.07) is 9.30. The number of hydrogen-bond acceptors (Lipinski definition) is 13. The third kappa shape index (κ3) is 3.43. The van der Waals surface area contributed by atoms with Crippen LogP contribution in [-0.4, -0.2) is 114 Å². The van der Waals surface area contributed by atoms with E-state index in [-0.39, 0.29) is 26.1 Å². The van der Waals surface area contributed by atoms with Crippen molar-refractivity contribution in [2.75, 3.05) is 27.4 Å². The van der Waals surface area contributed by atoms with Crippen molar-refractivity contribution < 1.29 is 62.8 Å². The fraction of sp³-hybridized carbons (Fsp3) is 0.676. The first-order valence-corrected chi connectivity index (χ1v) is 17.3. The van der Waals surface area contributed by atoms with Gasteiger partial charge in [0.15, 0.2) is 5.60 Å². The van der Waals surface area contributed by atoms with Crippen LogP contribution in [0.5, 0.6) is 0 Å². The lowest BCUT2D eigenvalue weighted by molar-refractivity contribution is -0.317. The molecule has 4 saturated heterocycles. The number of ether oxygens (including phenoxy) is 8. The summed E-state index contributed by atoms with van der Waals surface area (Å²) in [6.45, 7) is 5.53. The third-order valence-corrected chi connectivity index (χ3v) is 14.5. The fourth-order valence-corrected chi connectivity index (χ4v) is 12.5. The van der Waals surface area contributed by atoms with Crippen molar-refractivity contribution >= 4 is 18.0 Å². The Morgan fingerprint density at radius 3 is 2.52 bits per heavy atom. The molecule has 1 aromatic rings. The molecule has 0 unspecified atom stereocenters. The fourth-order valence-electron chi connectivity index (χ4n) is 12.5. The average Bonchev–Trinajstić information content (AvgIpc) is 3.86. The number of methoxy groups -OCH3 is 2. The molecular weight excluding hydrogens is 652 g/mol. The second-order valence-electron chi connectivity index (χ2n) is 16.1. The van der Waals surface area contributed by atoms with Crippen molar-refractivity contribution in [3.8, 4) is 0 Å². The van der Waals surface area contributed by atoms with Gasteiger partial charge in [-0.3, -0.25) is 0 Å². The molecule has 1 spiro atoms. The van der Waals surface area contributed by atoms with Gasteiger partial charge in [-0.25, -0.2) is 9.59 Å². The zero-order valence-corrected chi connectivity index (χ0v) is 28.6. The average molecular weight is 697 g/mol. The van der Waals surface area contributed by atoms with Crippen molar-refractivity contribution in [1.29, 1.82) is 0 Å². The van der Waals surface area contributed by atoms with E-state index in [4.69, 9.17) is 37.9 Å². The summed E-state index contributed by atoms with van der Waals surface area (Å²) in [6.07, 6.45) is 0.492. The Morgan fingerprint density at radius 1 is 1.04 bits per heavy atom. The molecule has 13 heteroatoms. The highest BCUT2D eigenvalue weighted by Gasteiger charge is 2.94. The lowest BCUT2D eigenvalue weighted by Crippen LogP contribution is -2.78. The highest BCUT2D eigenvalue weighted by Crippen LogP contribution is 2.80. The monoisotopic (exact) mass is 696 g/mol. The van der Waals surface area contributed by atoms with Crippen LogP contribution in [0.3, 0.4) is 0 Å². The Kier molecular flexibility index (Phi) is 6.70. The summed E-state index contributed by atoms with van der Waals surface area (Å²) in [7, 11) is 2.58. The van der Waals surface area contributed by atoms with Gasteiger partial charge in [-0.1, -0.05) is 44.2 Å². The molecule has 8 aliphatic rings. The van der Waals surface area contributed by atoms with Crippen LogP contribution in [0.4, 0.5) is 0 Å². The predicted molar refractivity (Wildman–Crippen MR) is 169 cm³/mol. The van der Waals surface area contributed by atoms with Gasteiger partial charge in [0.05, 0.1) is 51.0 Å². The van der Waals surface area contributed by atoms with Gasteiger partial charge in [0, 0.05) is 53.6 Å². The lowest BCUT2D eigenvalue weighted by Gasteiger charge is -2.66. The summed E-state index contributed by atoms with van der Waals surface area (Å²) in [5.74, 6) is -5.97. The summed E-state index contributed by atoms with van der Waals surface area (Å²) in [4.78, 5) is 27.9. The van der Waals surface area contributed by atoms with Gasteiger partial charge in [0.1, 0.15) is 17.3 Å². The molecule has 2 bridgehead atoms. The molecule has 5 heterocycles. The standard InChI is InChI=1S/C37H44O13/c1-31-17-46-25-26(31)34(22(16-21(31)38)48-24(39)12-11-19-9-7-6-8-10-19)18-47-36(44-5,29(40)43-4)28(34)32(2)27(25)50-33(3)20-15-23(37(32,33)42)49-30-35(20,41)13-14-45-30/h6-14,20-23,25-28,30,38,41-42H,15-18H2,1-5H3/b12-11+/t20-,21-,22+,23+,25-,26+,27-,28+,30+,31-,32-,33-,34+,35+,36+,37+/m1/s1. The Balaban J connectivity index is 1.25. The number of hydrogen-bond donors (Lipinski definition) is 3. The number of fused-ring (bicyclic) bond motifs is 11. The third-order valence-electron chi connectivity index (χ3n) is 14.5. The van der Waals surface area contributed by atoms with Crippen LogP contribution < -0.4 is 0 Å². The van der Waals surface area contributed by atoms with Gasteiger partial charge in [-0.05, 0) is 31.1 Å². The number of carbonyl (C=O) groups excluding carboxylic acids is 2. The number of carbonyl (C=O) groups is 2. The van der Waals surface area contributed by atoms with Crippen molar-refractivity contribution in [1.82, 2.24) is 0 Å². The Morgan fingerprint density at radius 2 is 1.80 bits per heavy atom. The smallest absolute Gasteiger partial charge is 0.366 e. The Bertz CT molecular complexity index is 1680. The minimum absolute atomic E-state index is 0.00907. The zero-order valence-electron chi connectivity index (χ0n) is 28.6. The molecular formula is C37H44O13. The van der Waals surface area contributed by atoms with E-state index in [0.717, 1.165) is 5.56 Å². The van der Waals surface area contributed by atoms with Crippen LogP contribution in [0, 0.1) is 34.0 Å². The van der Waals surface area contributed by atoms with E-state index < -0.39 is 105 Å². The summed E-state index contributed by atoms with van der Waals surface area (Å²) < 4.78 is 50.3. The molecule has 13 nitrogen and oxygen atoms in total. The van der Waals surface area contributed by atoms with E-state index in [9.17, 15) is 24.9 Å². The van der Waals surface area contributed by atoms with Crippen molar-refractivity contribution in [2.24, 2.45) is 34.0 Å². The Hall–Kier alpha value is -2.88. The van der Waals surface area contributed by atoms with Gasteiger partial charge in [-0.15, -0.1) is 0 Å². The molecule has 3 N–H and O–H groups in total. The van der Waals surface area contributed by atoms with E-state index >= 15 is 0 Å². The summed E-state index contributed by atoms with van der Waals surface area (Å²) in [5, 5.41) is 37.5. The molecule has 0 radical (unpaired) electrons. The van der Waals surface area contributed by atoms with E-state index in [1.807, 2.05) is 44.2 Å². The predicted octanol–water partition coefficient (Wildman–Crippen LogP) is 1.47. The first kappa shape index (κ1) is 33.0. The molecule has 0 amide bonds. The van der Waals surface area contributed by atoms with E-state index in [2.05, 4.69) is 0 Å². The maximum Gasteiger partial charge on any atom is 0.366 e. The van der Waals surface area contributed by atoms with E-state index in [0.29, 0.717) is 0 Å². The van der Waals surface area contributed by atoms with Gasteiger partial charge in [0.2, 0.25) is 6.29 Å². The molecule has 9 rings (SSSR count). The lowest BCUT2D eigenvalue weighted by atomic mass is 9.37. The quantitative estimate of drug-likeness (QED) is 0.299. The molecule has 3 saturated carbocycles. The van der Waals surface area contributed by atoms with E-state index in [1.165, 1.54) is 32.6 Å². The number of aliphatic hydroxyl groups is 3. The SMILES string of the molecule is COC(=O)[C@@]1(OC)OC[C@@]23[C@@H](OC(=O)/C=C/c4ccccc4)C[C@@H](O)[C@@]4(C)CO[C@@H]([C@H]5O[C@]6(C)[C@H]7C[C@H](O[C@@H]8OC=C[C@@]87O)[C@]6(O)[C@@]5(C)[C@H]12)[C@@H]43. The van der Waals surface area contributed by atoms with Crippen LogP contribution in [0.15, 0.2) is 48.7 Å². The van der Waals surface area contributed by atoms with Crippen molar-refractivity contribution in [3.63, 3.8) is 0 Å². The highest BCUT2D eigenvalue weighted by molar-refractivity contribution is 5.87. The highest BCUT2D eigenvalue weighted by atomic mass is 16.7. The topological polar surface area (TPSA) is 169 Å². The largest absolute Gasteiger partial charge is 0.469 e. The van der Waals surface area contributed by atoms with Crippen molar-refractivity contribution in [2.45, 2.75) is 93.0 Å². The molecule has 16 atom stereocenters. The molecule has 3 aliphatic carbocycles. The van der Waals surface area contributed by atoms with Crippen LogP contribution >= 0.6 is 0 Å². The van der Waals surface area contributed by atoms with Gasteiger partial charge < -0.3 is 53.2 Å². The number of esters is 2. The maximum absolute atomic E-state index is 14.2. The second kappa shape index (κ2) is 10.2. The van der Waals surface area contributed by atoms with Crippen LogP contribution in [0.2, 0.25) is 0 Å². The molecule has 7 fully saturated rings. The molecule has 0 aromatic heterocycles. The normalized spacial score (nSPS) is 54.8. The van der Waals surface area contributed by atoms with Crippen LogP contribution in [0.25, 0.3) is 6.08 Å². The molecule has 50 heavy (non-hydrogen) atoms. The maximum atomic E-state index is 14.2. The Labute approximate surface area is 289 Å². The van der Waals surface area contributed by atoms with Crippen LogP contribution in [0.1, 0.15) is 39.2 Å². The number of benzene rings is 1. The van der Waals surface area contributed by atoms with Gasteiger partial charge >= 0.3 is 11.9 Å². The first-order valence-electron chi connectivity index (χ1n) is 17.3. The summed E-state index contributed by atoms with van der Waals surface area (Å²) >= 11 is 0. The second-order valence-corrected chi connectivity index (χ2v) is 16.1. The molecule has 5 aliphatic heterocycles. The minimum atomic E-state index is -2.10. The molecule has 1 aromatic carbocycles. The van der Waals surface area contributed by atoms with Gasteiger partial charge in [-0.2, -0.15) is 0 Å². The minimum Gasteiger partial charge on any atom is -0.469 e. The first-order chi connectivity index (χ1) is 23.7.